The zero-order valence-corrected chi connectivity index (χ0v) is 12.6. The molecule has 2 fully saturated rings. The van der Waals surface area contributed by atoms with Crippen molar-refractivity contribution in [2.75, 3.05) is 13.7 Å². The average Bonchev–Trinajstić information content (AvgIpc) is 2.56. The fourth-order valence-electron chi connectivity index (χ4n) is 3.79. The van der Waals surface area contributed by atoms with Crippen molar-refractivity contribution in [2.45, 2.75) is 63.0 Å². The van der Waals surface area contributed by atoms with E-state index >= 15 is 0 Å². The molecule has 3 rings (SSSR count). The molecule has 20 heavy (non-hydrogen) atoms. The first-order chi connectivity index (χ1) is 9.86. The Bertz CT molecular complexity index is 400. The van der Waals surface area contributed by atoms with Gasteiger partial charge in [0.05, 0.1) is 0 Å². The van der Waals surface area contributed by atoms with Crippen molar-refractivity contribution < 1.29 is 4.74 Å². The second-order valence-corrected chi connectivity index (χ2v) is 6.41. The first kappa shape index (κ1) is 14.1. The second kappa shape index (κ2) is 6.73. The van der Waals surface area contributed by atoms with Crippen molar-refractivity contribution in [3.05, 3.63) is 35.4 Å². The third kappa shape index (κ3) is 3.24. The Kier molecular flexibility index (Phi) is 4.74. The molecular weight excluding hydrogens is 246 g/mol. The van der Waals surface area contributed by atoms with Crippen LogP contribution in [0.15, 0.2) is 24.3 Å². The summed E-state index contributed by atoms with van der Waals surface area (Å²) in [6, 6.07) is 9.49. The molecule has 1 saturated carbocycles. The summed E-state index contributed by atoms with van der Waals surface area (Å²) in [5, 5.41) is 3.47. The standard InChI is InChI=1S/C18H27NO/c1-20-18-12-11-17(13-19-18)16-9-7-15(8-10-16)14-5-3-2-4-6-14/h7-10,14,17-19H,2-6,11-13H2,1H3. The van der Waals surface area contributed by atoms with Crippen LogP contribution in [-0.4, -0.2) is 19.9 Å². The van der Waals surface area contributed by atoms with Gasteiger partial charge < -0.3 is 4.74 Å². The van der Waals surface area contributed by atoms with E-state index in [9.17, 15) is 0 Å². The fourth-order valence-corrected chi connectivity index (χ4v) is 3.79. The van der Waals surface area contributed by atoms with Gasteiger partial charge in [0.1, 0.15) is 6.23 Å². The Hall–Kier alpha value is -0.860. The van der Waals surface area contributed by atoms with Crippen LogP contribution < -0.4 is 5.32 Å². The van der Waals surface area contributed by atoms with E-state index in [1.54, 1.807) is 12.7 Å². The highest BCUT2D eigenvalue weighted by Crippen LogP contribution is 2.33. The quantitative estimate of drug-likeness (QED) is 0.892. The lowest BCUT2D eigenvalue weighted by atomic mass is 9.83. The Labute approximate surface area is 122 Å². The zero-order valence-electron chi connectivity index (χ0n) is 12.6. The van der Waals surface area contributed by atoms with Gasteiger partial charge in [-0.1, -0.05) is 43.5 Å². The summed E-state index contributed by atoms with van der Waals surface area (Å²) in [6.07, 6.45) is 9.64. The predicted octanol–water partition coefficient (Wildman–Crippen LogP) is 4.17. The lowest BCUT2D eigenvalue weighted by Gasteiger charge is -2.29. The van der Waals surface area contributed by atoms with E-state index in [4.69, 9.17) is 4.74 Å². The second-order valence-electron chi connectivity index (χ2n) is 6.41. The molecule has 1 aromatic rings. The molecule has 1 heterocycles. The van der Waals surface area contributed by atoms with Crippen molar-refractivity contribution in [3.63, 3.8) is 0 Å². The van der Waals surface area contributed by atoms with Crippen LogP contribution in [-0.2, 0) is 4.74 Å². The number of rotatable bonds is 3. The number of methoxy groups -OCH3 is 1. The maximum atomic E-state index is 5.36. The van der Waals surface area contributed by atoms with Gasteiger partial charge in [-0.05, 0) is 48.6 Å². The summed E-state index contributed by atoms with van der Waals surface area (Å²) in [4.78, 5) is 0. The van der Waals surface area contributed by atoms with Gasteiger partial charge >= 0.3 is 0 Å². The molecule has 2 atom stereocenters. The summed E-state index contributed by atoms with van der Waals surface area (Å²) in [7, 11) is 1.79. The van der Waals surface area contributed by atoms with Crippen LogP contribution >= 0.6 is 0 Å². The number of piperidine rings is 1. The van der Waals surface area contributed by atoms with Crippen LogP contribution in [0.2, 0.25) is 0 Å². The molecule has 2 aliphatic rings. The largest absolute Gasteiger partial charge is 0.367 e. The molecular formula is C18H27NO. The van der Waals surface area contributed by atoms with E-state index in [0.717, 1.165) is 18.9 Å². The first-order valence-electron chi connectivity index (χ1n) is 8.23. The average molecular weight is 273 g/mol. The lowest BCUT2D eigenvalue weighted by Crippen LogP contribution is -2.39. The van der Waals surface area contributed by atoms with Gasteiger partial charge in [0.15, 0.2) is 0 Å². The third-order valence-electron chi connectivity index (χ3n) is 5.14. The number of hydrogen-bond acceptors (Lipinski definition) is 2. The Morgan fingerprint density at radius 2 is 1.50 bits per heavy atom. The van der Waals surface area contributed by atoms with Crippen molar-refractivity contribution in [1.82, 2.24) is 5.32 Å². The highest BCUT2D eigenvalue weighted by Gasteiger charge is 2.22. The van der Waals surface area contributed by atoms with E-state index in [1.165, 1.54) is 44.1 Å². The van der Waals surface area contributed by atoms with Crippen LogP contribution in [0.3, 0.4) is 0 Å². The predicted molar refractivity (Wildman–Crippen MR) is 83.0 cm³/mol. The number of hydrogen-bond donors (Lipinski definition) is 1. The summed E-state index contributed by atoms with van der Waals surface area (Å²) in [6.45, 7) is 1.04. The van der Waals surface area contributed by atoms with Gasteiger partial charge in [0.25, 0.3) is 0 Å². The molecule has 0 amide bonds. The van der Waals surface area contributed by atoms with Crippen LogP contribution in [0.5, 0.6) is 0 Å². The Balaban J connectivity index is 1.61. The Morgan fingerprint density at radius 3 is 2.05 bits per heavy atom. The minimum atomic E-state index is 0.257. The van der Waals surface area contributed by atoms with Crippen LogP contribution in [0.25, 0.3) is 0 Å². The molecule has 1 aromatic carbocycles. The van der Waals surface area contributed by atoms with Crippen molar-refractivity contribution in [1.29, 1.82) is 0 Å². The molecule has 2 heteroatoms. The van der Waals surface area contributed by atoms with Gasteiger partial charge in [-0.25, -0.2) is 0 Å². The molecule has 1 saturated heterocycles. The van der Waals surface area contributed by atoms with Crippen molar-refractivity contribution >= 4 is 0 Å². The van der Waals surface area contributed by atoms with Crippen LogP contribution in [0, 0.1) is 0 Å². The van der Waals surface area contributed by atoms with Gasteiger partial charge in [-0.15, -0.1) is 0 Å². The minimum absolute atomic E-state index is 0.257. The van der Waals surface area contributed by atoms with Crippen LogP contribution in [0.4, 0.5) is 0 Å². The molecule has 1 aliphatic heterocycles. The molecule has 110 valence electrons. The molecule has 1 N–H and O–H groups in total. The molecule has 0 radical (unpaired) electrons. The normalized spacial score (nSPS) is 28.4. The van der Waals surface area contributed by atoms with Crippen molar-refractivity contribution in [2.24, 2.45) is 0 Å². The molecule has 2 unspecified atom stereocenters. The third-order valence-corrected chi connectivity index (χ3v) is 5.14. The fraction of sp³-hybridized carbons (Fsp3) is 0.667. The molecule has 2 nitrogen and oxygen atoms in total. The van der Waals surface area contributed by atoms with Gasteiger partial charge in [0.2, 0.25) is 0 Å². The van der Waals surface area contributed by atoms with E-state index < -0.39 is 0 Å². The van der Waals surface area contributed by atoms with Gasteiger partial charge in [0, 0.05) is 13.7 Å². The lowest BCUT2D eigenvalue weighted by molar-refractivity contribution is 0.0476. The Morgan fingerprint density at radius 1 is 0.850 bits per heavy atom. The SMILES string of the molecule is COC1CCC(c2ccc(C3CCCCC3)cc2)CN1. The topological polar surface area (TPSA) is 21.3 Å². The summed E-state index contributed by atoms with van der Waals surface area (Å²) in [5.74, 6) is 1.47. The number of ether oxygens (including phenoxy) is 1. The minimum Gasteiger partial charge on any atom is -0.367 e. The molecule has 0 spiro atoms. The maximum Gasteiger partial charge on any atom is 0.107 e. The van der Waals surface area contributed by atoms with E-state index in [0.29, 0.717) is 5.92 Å². The van der Waals surface area contributed by atoms with Crippen LogP contribution in [0.1, 0.15) is 67.9 Å². The highest BCUT2D eigenvalue weighted by atomic mass is 16.5. The van der Waals surface area contributed by atoms with Crippen molar-refractivity contribution in [3.8, 4) is 0 Å². The van der Waals surface area contributed by atoms with Gasteiger partial charge in [-0.3, -0.25) is 5.32 Å². The first-order valence-corrected chi connectivity index (χ1v) is 8.23. The highest BCUT2D eigenvalue weighted by molar-refractivity contribution is 5.28. The summed E-state index contributed by atoms with van der Waals surface area (Å²) in [5.41, 5.74) is 3.05. The summed E-state index contributed by atoms with van der Waals surface area (Å²) < 4.78 is 5.36. The smallest absolute Gasteiger partial charge is 0.107 e. The molecule has 0 bridgehead atoms. The molecule has 0 aromatic heterocycles. The number of benzene rings is 1. The maximum absolute atomic E-state index is 5.36. The van der Waals surface area contributed by atoms with E-state index in [2.05, 4.69) is 29.6 Å². The van der Waals surface area contributed by atoms with E-state index in [1.807, 2.05) is 0 Å². The number of nitrogens with one attached hydrogen (secondary N) is 1. The van der Waals surface area contributed by atoms with Gasteiger partial charge in [-0.2, -0.15) is 0 Å². The summed E-state index contributed by atoms with van der Waals surface area (Å²) >= 11 is 0. The van der Waals surface area contributed by atoms with E-state index in [-0.39, 0.29) is 6.23 Å². The zero-order chi connectivity index (χ0) is 13.8. The monoisotopic (exact) mass is 273 g/mol. The molecule has 1 aliphatic carbocycles.